The first-order valence-electron chi connectivity index (χ1n) is 7.64. The molecular formula is C15H30N2O2. The lowest BCUT2D eigenvalue weighted by molar-refractivity contribution is -0.147. The van der Waals surface area contributed by atoms with Gasteiger partial charge in [0.15, 0.2) is 0 Å². The zero-order valence-corrected chi connectivity index (χ0v) is 13.2. The Morgan fingerprint density at radius 3 is 1.42 bits per heavy atom. The number of carbonyl (C=O) groups is 2. The number of nitrogens with zero attached hydrogens (tertiary/aromatic N) is 2. The van der Waals surface area contributed by atoms with Crippen LogP contribution in [-0.4, -0.2) is 47.8 Å². The maximum Gasteiger partial charge on any atom is 0.235 e. The van der Waals surface area contributed by atoms with Crippen molar-refractivity contribution in [1.82, 2.24) is 9.80 Å². The molecule has 19 heavy (non-hydrogen) atoms. The molecule has 0 saturated carbocycles. The first-order valence-corrected chi connectivity index (χ1v) is 7.64. The number of hydrogen-bond donors (Lipinski definition) is 0. The van der Waals surface area contributed by atoms with Gasteiger partial charge < -0.3 is 9.80 Å². The predicted molar refractivity (Wildman–Crippen MR) is 78.9 cm³/mol. The van der Waals surface area contributed by atoms with Crippen LogP contribution in [0.1, 0.15) is 53.9 Å². The molecule has 0 aromatic rings. The fourth-order valence-corrected chi connectivity index (χ4v) is 2.27. The molecule has 0 N–H and O–H groups in total. The van der Waals surface area contributed by atoms with Crippen LogP contribution in [0.5, 0.6) is 0 Å². The van der Waals surface area contributed by atoms with Crippen LogP contribution in [0.2, 0.25) is 0 Å². The Hall–Kier alpha value is -1.06. The molecular weight excluding hydrogens is 240 g/mol. The van der Waals surface area contributed by atoms with Crippen LogP contribution in [0, 0.1) is 5.92 Å². The number of amides is 2. The summed E-state index contributed by atoms with van der Waals surface area (Å²) >= 11 is 0. The van der Waals surface area contributed by atoms with Gasteiger partial charge in [0.2, 0.25) is 11.8 Å². The molecule has 2 amide bonds. The van der Waals surface area contributed by atoms with Crippen LogP contribution in [0.4, 0.5) is 0 Å². The van der Waals surface area contributed by atoms with Crippen molar-refractivity contribution in [2.24, 2.45) is 5.92 Å². The summed E-state index contributed by atoms with van der Waals surface area (Å²) < 4.78 is 0. The Kier molecular flexibility index (Phi) is 9.27. The van der Waals surface area contributed by atoms with Crippen LogP contribution < -0.4 is 0 Å². The zero-order chi connectivity index (χ0) is 14.8. The minimum absolute atomic E-state index is 0.00431. The summed E-state index contributed by atoms with van der Waals surface area (Å²) in [5.74, 6) is -0.495. The van der Waals surface area contributed by atoms with E-state index in [0.29, 0.717) is 32.6 Å². The minimum atomic E-state index is -0.486. The van der Waals surface area contributed by atoms with Crippen LogP contribution in [0.3, 0.4) is 0 Å². The molecule has 0 aromatic heterocycles. The van der Waals surface area contributed by atoms with Gasteiger partial charge in [-0.2, -0.15) is 0 Å². The molecule has 4 nitrogen and oxygen atoms in total. The van der Waals surface area contributed by atoms with Crippen molar-refractivity contribution < 1.29 is 9.59 Å². The second-order valence-electron chi connectivity index (χ2n) is 4.72. The van der Waals surface area contributed by atoms with Gasteiger partial charge in [0, 0.05) is 26.2 Å². The normalized spacial score (nSPS) is 10.6. The summed E-state index contributed by atoms with van der Waals surface area (Å²) in [6, 6.07) is 0. The first-order chi connectivity index (χ1) is 9.06. The second-order valence-corrected chi connectivity index (χ2v) is 4.72. The molecule has 4 heteroatoms. The molecule has 0 radical (unpaired) electrons. The lowest BCUT2D eigenvalue weighted by atomic mass is 9.98. The van der Waals surface area contributed by atoms with Gasteiger partial charge in [-0.3, -0.25) is 9.59 Å². The van der Waals surface area contributed by atoms with Gasteiger partial charge >= 0.3 is 0 Å². The molecule has 0 rings (SSSR count). The van der Waals surface area contributed by atoms with Crippen molar-refractivity contribution in [3.05, 3.63) is 0 Å². The van der Waals surface area contributed by atoms with Gasteiger partial charge in [-0.1, -0.05) is 19.8 Å². The minimum Gasteiger partial charge on any atom is -0.343 e. The molecule has 0 aliphatic heterocycles. The second kappa shape index (κ2) is 9.82. The zero-order valence-electron chi connectivity index (χ0n) is 13.2. The van der Waals surface area contributed by atoms with Gasteiger partial charge in [-0.05, 0) is 34.1 Å². The van der Waals surface area contributed by atoms with Crippen LogP contribution in [0.25, 0.3) is 0 Å². The van der Waals surface area contributed by atoms with Crippen LogP contribution >= 0.6 is 0 Å². The quantitative estimate of drug-likeness (QED) is 0.604. The number of unbranched alkanes of at least 4 members (excludes halogenated alkanes) is 1. The largest absolute Gasteiger partial charge is 0.343 e. The summed E-state index contributed by atoms with van der Waals surface area (Å²) in [7, 11) is 0. The Labute approximate surface area is 118 Å². The van der Waals surface area contributed by atoms with Crippen molar-refractivity contribution in [3.8, 4) is 0 Å². The first kappa shape index (κ1) is 17.9. The maximum atomic E-state index is 12.5. The molecule has 0 unspecified atom stereocenters. The van der Waals surface area contributed by atoms with Crippen molar-refractivity contribution in [2.45, 2.75) is 53.9 Å². The summed E-state index contributed by atoms with van der Waals surface area (Å²) in [6.07, 6.45) is 2.60. The molecule has 0 atom stereocenters. The lowest BCUT2D eigenvalue weighted by Crippen LogP contribution is -2.45. The predicted octanol–water partition coefficient (Wildman–Crippen LogP) is 2.53. The molecule has 0 saturated heterocycles. The third-order valence-electron chi connectivity index (χ3n) is 3.59. The average Bonchev–Trinajstić information content (AvgIpc) is 2.42. The highest BCUT2D eigenvalue weighted by Crippen LogP contribution is 2.16. The van der Waals surface area contributed by atoms with E-state index in [1.165, 1.54) is 0 Å². The number of carbonyl (C=O) groups excluding carboxylic acids is 2. The molecule has 0 aliphatic carbocycles. The summed E-state index contributed by atoms with van der Waals surface area (Å²) in [6.45, 7) is 12.6. The molecule has 0 aliphatic rings. The van der Waals surface area contributed by atoms with E-state index in [-0.39, 0.29) is 11.8 Å². The van der Waals surface area contributed by atoms with Crippen molar-refractivity contribution in [3.63, 3.8) is 0 Å². The summed E-state index contributed by atoms with van der Waals surface area (Å²) in [5.41, 5.74) is 0. The Bertz CT molecular complexity index is 247. The monoisotopic (exact) mass is 270 g/mol. The molecule has 0 heterocycles. The number of hydrogen-bond acceptors (Lipinski definition) is 2. The Morgan fingerprint density at radius 2 is 1.16 bits per heavy atom. The third kappa shape index (κ3) is 5.21. The van der Waals surface area contributed by atoms with Crippen molar-refractivity contribution in [2.75, 3.05) is 26.2 Å². The third-order valence-corrected chi connectivity index (χ3v) is 3.59. The van der Waals surface area contributed by atoms with E-state index in [1.54, 1.807) is 9.80 Å². The van der Waals surface area contributed by atoms with Gasteiger partial charge in [0.25, 0.3) is 0 Å². The lowest BCUT2D eigenvalue weighted by Gasteiger charge is -2.28. The topological polar surface area (TPSA) is 40.6 Å². The fraction of sp³-hybridized carbons (Fsp3) is 0.867. The summed E-state index contributed by atoms with van der Waals surface area (Å²) in [4.78, 5) is 28.5. The maximum absolute atomic E-state index is 12.5. The van der Waals surface area contributed by atoms with Crippen LogP contribution in [0.15, 0.2) is 0 Å². The highest BCUT2D eigenvalue weighted by atomic mass is 16.2. The van der Waals surface area contributed by atoms with Gasteiger partial charge in [-0.25, -0.2) is 0 Å². The van der Waals surface area contributed by atoms with Crippen molar-refractivity contribution >= 4 is 11.8 Å². The molecule has 0 fully saturated rings. The Morgan fingerprint density at radius 1 is 0.789 bits per heavy atom. The highest BCUT2D eigenvalue weighted by molar-refractivity contribution is 6.00. The van der Waals surface area contributed by atoms with Gasteiger partial charge in [0.1, 0.15) is 5.92 Å². The summed E-state index contributed by atoms with van der Waals surface area (Å²) in [5, 5.41) is 0. The molecule has 0 aromatic carbocycles. The molecule has 112 valence electrons. The van der Waals surface area contributed by atoms with E-state index in [9.17, 15) is 9.59 Å². The van der Waals surface area contributed by atoms with E-state index in [1.807, 2.05) is 27.7 Å². The SMILES string of the molecule is CCCCC(C(=O)N(CC)CC)C(=O)N(CC)CC. The van der Waals surface area contributed by atoms with Gasteiger partial charge in [0.05, 0.1) is 0 Å². The van der Waals surface area contributed by atoms with Crippen LogP contribution in [-0.2, 0) is 9.59 Å². The van der Waals surface area contributed by atoms with E-state index in [0.717, 1.165) is 12.8 Å². The molecule has 0 spiro atoms. The average molecular weight is 270 g/mol. The van der Waals surface area contributed by atoms with Crippen molar-refractivity contribution in [1.29, 1.82) is 0 Å². The molecule has 0 bridgehead atoms. The van der Waals surface area contributed by atoms with E-state index >= 15 is 0 Å². The standard InChI is InChI=1S/C15H30N2O2/c1-6-11-12-13(14(18)16(7-2)8-3)15(19)17(9-4)10-5/h13H,6-12H2,1-5H3. The van der Waals surface area contributed by atoms with E-state index < -0.39 is 5.92 Å². The van der Waals surface area contributed by atoms with E-state index in [2.05, 4.69) is 6.92 Å². The number of rotatable bonds is 9. The van der Waals surface area contributed by atoms with E-state index in [4.69, 9.17) is 0 Å². The highest BCUT2D eigenvalue weighted by Gasteiger charge is 2.31. The van der Waals surface area contributed by atoms with Gasteiger partial charge in [-0.15, -0.1) is 0 Å². The fourth-order valence-electron chi connectivity index (χ4n) is 2.27. The Balaban J connectivity index is 4.97. The smallest absolute Gasteiger partial charge is 0.235 e.